The van der Waals surface area contributed by atoms with Crippen LogP contribution < -0.4 is 5.32 Å². The van der Waals surface area contributed by atoms with E-state index in [0.717, 1.165) is 21.8 Å². The molecule has 1 aliphatic rings. The van der Waals surface area contributed by atoms with Crippen LogP contribution >= 0.6 is 11.3 Å². The molecule has 0 amide bonds. The van der Waals surface area contributed by atoms with Gasteiger partial charge in [-0.05, 0) is 23.8 Å². The summed E-state index contributed by atoms with van der Waals surface area (Å²) in [7, 11) is -3.53. The summed E-state index contributed by atoms with van der Waals surface area (Å²) in [5.74, 6) is 0.557. The summed E-state index contributed by atoms with van der Waals surface area (Å²) in [6.07, 6.45) is 3.60. The van der Waals surface area contributed by atoms with E-state index >= 15 is 0 Å². The second-order valence-electron chi connectivity index (χ2n) is 8.83. The van der Waals surface area contributed by atoms with Crippen molar-refractivity contribution < 1.29 is 13.5 Å². The molecule has 4 heterocycles. The second-order valence-corrected chi connectivity index (χ2v) is 11.6. The predicted octanol–water partition coefficient (Wildman–Crippen LogP) is 4.34. The van der Waals surface area contributed by atoms with Crippen LogP contribution in [0.1, 0.15) is 13.0 Å². The predicted molar refractivity (Wildman–Crippen MR) is 154 cm³/mol. The van der Waals surface area contributed by atoms with E-state index in [1.807, 2.05) is 58.4 Å². The summed E-state index contributed by atoms with van der Waals surface area (Å²) in [5, 5.41) is 15.1. The highest BCUT2D eigenvalue weighted by Crippen LogP contribution is 2.34. The van der Waals surface area contributed by atoms with Gasteiger partial charge in [0, 0.05) is 56.1 Å². The SMILES string of the molecule is C.O=S1(=O)N(CCNc2nccc(-c3c(-c4cccc(O)c4)nc4sccn34)n2)CCN1Cc1ccccc1. The molecule has 1 saturated heterocycles. The van der Waals surface area contributed by atoms with Gasteiger partial charge < -0.3 is 10.4 Å². The monoisotopic (exact) mass is 563 g/mol. The lowest BCUT2D eigenvalue weighted by Crippen LogP contribution is -2.35. The fourth-order valence-electron chi connectivity index (χ4n) is 4.55. The summed E-state index contributed by atoms with van der Waals surface area (Å²) in [5.41, 5.74) is 3.90. The second kappa shape index (κ2) is 11.1. The van der Waals surface area contributed by atoms with Crippen LogP contribution in [0.25, 0.3) is 27.6 Å². The minimum atomic E-state index is -3.53. The number of aromatic nitrogens is 4. The number of benzene rings is 2. The Bertz CT molecular complexity index is 1690. The molecule has 202 valence electrons. The Balaban J connectivity index is 0.00000308. The molecule has 12 heteroatoms. The zero-order chi connectivity index (χ0) is 26.1. The molecule has 0 radical (unpaired) electrons. The number of phenols is 1. The minimum absolute atomic E-state index is 0. The van der Waals surface area contributed by atoms with E-state index in [9.17, 15) is 13.5 Å². The van der Waals surface area contributed by atoms with Crippen LogP contribution in [-0.2, 0) is 16.8 Å². The first-order valence-electron chi connectivity index (χ1n) is 12.1. The lowest BCUT2D eigenvalue weighted by atomic mass is 10.1. The molecule has 3 aromatic heterocycles. The summed E-state index contributed by atoms with van der Waals surface area (Å²) < 4.78 is 31.0. The van der Waals surface area contributed by atoms with Crippen LogP contribution in [0.3, 0.4) is 0 Å². The molecule has 10 nitrogen and oxygen atoms in total. The van der Waals surface area contributed by atoms with Gasteiger partial charge in [-0.1, -0.05) is 49.9 Å². The van der Waals surface area contributed by atoms with Crippen molar-refractivity contribution in [1.29, 1.82) is 0 Å². The molecule has 1 aliphatic heterocycles. The van der Waals surface area contributed by atoms with E-state index in [0.29, 0.717) is 50.1 Å². The molecule has 0 saturated carbocycles. The van der Waals surface area contributed by atoms with Gasteiger partial charge in [-0.3, -0.25) is 4.40 Å². The molecule has 39 heavy (non-hydrogen) atoms. The largest absolute Gasteiger partial charge is 0.508 e. The van der Waals surface area contributed by atoms with E-state index in [2.05, 4.69) is 10.3 Å². The number of fused-ring (bicyclic) bond motifs is 1. The van der Waals surface area contributed by atoms with Crippen molar-refractivity contribution in [3.05, 3.63) is 84.0 Å². The first-order valence-corrected chi connectivity index (χ1v) is 14.4. The minimum Gasteiger partial charge on any atom is -0.508 e. The van der Waals surface area contributed by atoms with Crippen LogP contribution in [0, 0.1) is 0 Å². The maximum Gasteiger partial charge on any atom is 0.282 e. The maximum atomic E-state index is 13.0. The maximum absolute atomic E-state index is 13.0. The lowest BCUT2D eigenvalue weighted by molar-refractivity contribution is 0.442. The number of rotatable bonds is 8. The molecule has 2 aromatic carbocycles. The molecule has 0 spiro atoms. The molecule has 0 bridgehead atoms. The molecule has 0 aliphatic carbocycles. The van der Waals surface area contributed by atoms with Gasteiger partial charge in [-0.25, -0.2) is 15.0 Å². The molecule has 5 aromatic rings. The Morgan fingerprint density at radius 1 is 1.00 bits per heavy atom. The molecular formula is C27H29N7O3S2. The number of hydrogen-bond acceptors (Lipinski definition) is 8. The summed E-state index contributed by atoms with van der Waals surface area (Å²) in [6, 6.07) is 18.4. The van der Waals surface area contributed by atoms with Gasteiger partial charge in [0.2, 0.25) is 5.95 Å². The van der Waals surface area contributed by atoms with Crippen LogP contribution in [0.5, 0.6) is 5.75 Å². The number of aromatic hydroxyl groups is 1. The van der Waals surface area contributed by atoms with Crippen LogP contribution in [0.15, 0.2) is 78.4 Å². The average Bonchev–Trinajstić information content (AvgIpc) is 3.59. The Labute approximate surface area is 231 Å². The normalized spacial score (nSPS) is 15.4. The fourth-order valence-corrected chi connectivity index (χ4v) is 6.84. The Hall–Kier alpha value is -3.84. The van der Waals surface area contributed by atoms with Gasteiger partial charge in [0.05, 0.1) is 11.4 Å². The van der Waals surface area contributed by atoms with Gasteiger partial charge in [0.15, 0.2) is 4.96 Å². The van der Waals surface area contributed by atoms with Crippen molar-refractivity contribution in [3.63, 3.8) is 0 Å². The highest BCUT2D eigenvalue weighted by Gasteiger charge is 2.35. The highest BCUT2D eigenvalue weighted by molar-refractivity contribution is 7.87. The number of imidazole rings is 1. The average molecular weight is 564 g/mol. The Morgan fingerprint density at radius 3 is 2.64 bits per heavy atom. The summed E-state index contributed by atoms with van der Waals surface area (Å²) in [4.78, 5) is 14.6. The summed E-state index contributed by atoms with van der Waals surface area (Å²) >= 11 is 1.51. The third-order valence-electron chi connectivity index (χ3n) is 6.38. The van der Waals surface area contributed by atoms with Gasteiger partial charge in [-0.15, -0.1) is 11.3 Å². The van der Waals surface area contributed by atoms with E-state index in [1.165, 1.54) is 19.9 Å². The number of thiazole rings is 1. The lowest BCUT2D eigenvalue weighted by Gasteiger charge is -2.19. The standard InChI is InChI=1S/C26H25N7O3S2.CH4/c34-21-8-4-7-20(17-21)23-24(33-15-16-37-26(33)30-23)22-9-10-27-25(29-22)28-11-12-31-13-14-32(38(31,35)36)18-19-5-2-1-3-6-19;/h1-10,15-17,34H,11-14,18H2,(H,27,28,29);1H4. The number of phenolic OH excluding ortho intramolecular Hbond substituents is 1. The van der Waals surface area contributed by atoms with Crippen molar-refractivity contribution >= 4 is 32.5 Å². The van der Waals surface area contributed by atoms with Crippen LogP contribution in [0.4, 0.5) is 5.95 Å². The third-order valence-corrected chi connectivity index (χ3v) is 9.12. The highest BCUT2D eigenvalue weighted by atomic mass is 32.2. The molecular weight excluding hydrogens is 534 g/mol. The Kier molecular flexibility index (Phi) is 7.62. The van der Waals surface area contributed by atoms with E-state index in [-0.39, 0.29) is 13.2 Å². The van der Waals surface area contributed by atoms with Crippen molar-refractivity contribution in [3.8, 4) is 28.4 Å². The molecule has 1 fully saturated rings. The van der Waals surface area contributed by atoms with Gasteiger partial charge in [0.1, 0.15) is 11.4 Å². The van der Waals surface area contributed by atoms with Gasteiger partial charge in [-0.2, -0.15) is 17.0 Å². The van der Waals surface area contributed by atoms with Crippen molar-refractivity contribution in [1.82, 2.24) is 28.0 Å². The van der Waals surface area contributed by atoms with E-state index in [4.69, 9.17) is 9.97 Å². The molecule has 2 N–H and O–H groups in total. The van der Waals surface area contributed by atoms with Crippen molar-refractivity contribution in [2.45, 2.75) is 14.0 Å². The molecule has 6 rings (SSSR count). The van der Waals surface area contributed by atoms with Gasteiger partial charge in [0.25, 0.3) is 10.2 Å². The van der Waals surface area contributed by atoms with Crippen LogP contribution in [0.2, 0.25) is 0 Å². The van der Waals surface area contributed by atoms with Crippen molar-refractivity contribution in [2.24, 2.45) is 0 Å². The number of nitrogens with one attached hydrogen (secondary N) is 1. The zero-order valence-electron chi connectivity index (χ0n) is 20.3. The third kappa shape index (κ3) is 5.36. The summed E-state index contributed by atoms with van der Waals surface area (Å²) in [6.45, 7) is 1.93. The fraction of sp³-hybridized carbons (Fsp3) is 0.222. The number of hydrogen-bond donors (Lipinski definition) is 2. The van der Waals surface area contributed by atoms with E-state index in [1.54, 1.807) is 24.4 Å². The smallest absolute Gasteiger partial charge is 0.282 e. The Morgan fingerprint density at radius 2 is 1.82 bits per heavy atom. The first kappa shape index (κ1) is 26.8. The van der Waals surface area contributed by atoms with Crippen molar-refractivity contribution in [2.75, 3.05) is 31.5 Å². The van der Waals surface area contributed by atoms with Gasteiger partial charge >= 0.3 is 0 Å². The van der Waals surface area contributed by atoms with E-state index < -0.39 is 10.2 Å². The molecule has 0 atom stereocenters. The first-order chi connectivity index (χ1) is 18.5. The zero-order valence-corrected chi connectivity index (χ0v) is 21.9. The molecule has 0 unspecified atom stereocenters. The topological polar surface area (TPSA) is 116 Å². The van der Waals surface area contributed by atoms with Crippen LogP contribution in [-0.4, -0.2) is 67.7 Å². The quantitative estimate of drug-likeness (QED) is 0.289. The number of anilines is 1. The number of nitrogens with zero attached hydrogens (tertiary/aromatic N) is 6.